The molecule has 0 aromatic carbocycles. The summed E-state index contributed by atoms with van der Waals surface area (Å²) in [7, 11) is -2.97. The molecule has 2 aliphatic rings. The quantitative estimate of drug-likeness (QED) is 0.883. The molecule has 2 saturated heterocycles. The van der Waals surface area contributed by atoms with Crippen molar-refractivity contribution in [3.05, 3.63) is 24.5 Å². The summed E-state index contributed by atoms with van der Waals surface area (Å²) in [5, 5.41) is 2.90. The van der Waals surface area contributed by atoms with Crippen molar-refractivity contribution in [2.45, 2.75) is 37.3 Å². The molecule has 0 bridgehead atoms. The van der Waals surface area contributed by atoms with Crippen LogP contribution in [0.2, 0.25) is 0 Å². The lowest BCUT2D eigenvalue weighted by molar-refractivity contribution is -0.125. The molecule has 6 nitrogen and oxygen atoms in total. The Kier molecular flexibility index (Phi) is 4.27. The lowest BCUT2D eigenvalue weighted by atomic mass is 9.85. The SMILES string of the molecule is O=C(CC1(n2cccc2)CCOCC1)N[C@H]1CCS(=O)(=O)C1. The van der Waals surface area contributed by atoms with Crippen LogP contribution in [0.4, 0.5) is 0 Å². The fraction of sp³-hybridized carbons (Fsp3) is 0.667. The number of nitrogens with one attached hydrogen (secondary N) is 1. The molecule has 1 atom stereocenters. The Hall–Kier alpha value is -1.34. The van der Waals surface area contributed by atoms with Gasteiger partial charge in [-0.1, -0.05) is 0 Å². The van der Waals surface area contributed by atoms with Crippen LogP contribution in [0.25, 0.3) is 0 Å². The molecule has 3 heterocycles. The van der Waals surface area contributed by atoms with Crippen LogP contribution in [0.5, 0.6) is 0 Å². The summed E-state index contributed by atoms with van der Waals surface area (Å²) in [6.07, 6.45) is 6.43. The van der Waals surface area contributed by atoms with E-state index in [-0.39, 0.29) is 29.0 Å². The van der Waals surface area contributed by atoms with Gasteiger partial charge in [-0.05, 0) is 31.4 Å². The van der Waals surface area contributed by atoms with Crippen molar-refractivity contribution < 1.29 is 17.9 Å². The molecule has 0 spiro atoms. The smallest absolute Gasteiger partial charge is 0.222 e. The Balaban J connectivity index is 1.67. The van der Waals surface area contributed by atoms with Gasteiger partial charge < -0.3 is 14.6 Å². The van der Waals surface area contributed by atoms with Crippen LogP contribution < -0.4 is 5.32 Å². The van der Waals surface area contributed by atoms with Crippen molar-refractivity contribution in [3.8, 4) is 0 Å². The molecule has 0 aliphatic carbocycles. The van der Waals surface area contributed by atoms with Gasteiger partial charge in [0, 0.05) is 31.6 Å². The largest absolute Gasteiger partial charge is 0.381 e. The first-order chi connectivity index (χ1) is 10.5. The molecule has 1 N–H and O–H groups in total. The zero-order valence-electron chi connectivity index (χ0n) is 12.5. The first-order valence-electron chi connectivity index (χ1n) is 7.70. The molecule has 1 aromatic rings. The summed E-state index contributed by atoms with van der Waals surface area (Å²) in [4.78, 5) is 12.4. The Bertz CT molecular complexity index is 618. The number of aromatic nitrogens is 1. The van der Waals surface area contributed by atoms with Crippen LogP contribution >= 0.6 is 0 Å². The van der Waals surface area contributed by atoms with E-state index in [9.17, 15) is 13.2 Å². The Morgan fingerprint density at radius 2 is 1.95 bits per heavy atom. The topological polar surface area (TPSA) is 77.4 Å². The van der Waals surface area contributed by atoms with E-state index in [1.165, 1.54) is 0 Å². The summed E-state index contributed by atoms with van der Waals surface area (Å²) in [6, 6.07) is 3.68. The molecule has 1 aromatic heterocycles. The van der Waals surface area contributed by atoms with E-state index in [0.717, 1.165) is 12.8 Å². The molecule has 0 radical (unpaired) electrons. The minimum absolute atomic E-state index is 0.0678. The summed E-state index contributed by atoms with van der Waals surface area (Å²) in [5.74, 6) is 0.171. The molecule has 2 aliphatic heterocycles. The predicted molar refractivity (Wildman–Crippen MR) is 82.3 cm³/mol. The van der Waals surface area contributed by atoms with Gasteiger partial charge in [0.05, 0.1) is 23.5 Å². The van der Waals surface area contributed by atoms with Crippen LogP contribution in [0.3, 0.4) is 0 Å². The molecule has 2 fully saturated rings. The molecule has 0 unspecified atom stereocenters. The number of carbonyl (C=O) groups excluding carboxylic acids is 1. The molecular weight excluding hydrogens is 304 g/mol. The Labute approximate surface area is 130 Å². The minimum Gasteiger partial charge on any atom is -0.381 e. The van der Waals surface area contributed by atoms with Crippen LogP contribution in [0, 0.1) is 0 Å². The average Bonchev–Trinajstić information content (AvgIpc) is 3.10. The van der Waals surface area contributed by atoms with E-state index in [2.05, 4.69) is 9.88 Å². The highest BCUT2D eigenvalue weighted by atomic mass is 32.2. The van der Waals surface area contributed by atoms with E-state index >= 15 is 0 Å². The Morgan fingerprint density at radius 1 is 1.27 bits per heavy atom. The second kappa shape index (κ2) is 6.04. The highest BCUT2D eigenvalue weighted by Gasteiger charge is 2.37. The van der Waals surface area contributed by atoms with Gasteiger partial charge in [-0.15, -0.1) is 0 Å². The first kappa shape index (κ1) is 15.6. The fourth-order valence-electron chi connectivity index (χ4n) is 3.41. The third-order valence-electron chi connectivity index (χ3n) is 4.66. The second-order valence-corrected chi connectivity index (χ2v) is 8.50. The lowest BCUT2D eigenvalue weighted by Gasteiger charge is -2.38. The number of ether oxygens (including phenoxy) is 1. The summed E-state index contributed by atoms with van der Waals surface area (Å²) >= 11 is 0. The van der Waals surface area contributed by atoms with Gasteiger partial charge >= 0.3 is 0 Å². The third kappa shape index (κ3) is 3.35. The number of amides is 1. The molecule has 3 rings (SSSR count). The third-order valence-corrected chi connectivity index (χ3v) is 6.43. The average molecular weight is 326 g/mol. The maximum absolute atomic E-state index is 12.4. The van der Waals surface area contributed by atoms with Gasteiger partial charge in [-0.3, -0.25) is 4.79 Å². The normalized spacial score (nSPS) is 26.6. The van der Waals surface area contributed by atoms with Crippen molar-refractivity contribution in [2.24, 2.45) is 0 Å². The van der Waals surface area contributed by atoms with Gasteiger partial charge in [-0.2, -0.15) is 0 Å². The molecule has 22 heavy (non-hydrogen) atoms. The molecular formula is C15H22N2O4S. The number of hydrogen-bond donors (Lipinski definition) is 1. The van der Waals surface area contributed by atoms with Crippen LogP contribution in [-0.2, 0) is 24.9 Å². The van der Waals surface area contributed by atoms with E-state index < -0.39 is 9.84 Å². The maximum atomic E-state index is 12.4. The number of carbonyl (C=O) groups is 1. The summed E-state index contributed by atoms with van der Waals surface area (Å²) in [6.45, 7) is 1.28. The van der Waals surface area contributed by atoms with Crippen LogP contribution in [0.1, 0.15) is 25.7 Å². The summed E-state index contributed by atoms with van der Waals surface area (Å²) in [5.41, 5.74) is -0.261. The van der Waals surface area contributed by atoms with Gasteiger partial charge in [0.15, 0.2) is 9.84 Å². The van der Waals surface area contributed by atoms with E-state index in [1.54, 1.807) is 0 Å². The monoisotopic (exact) mass is 326 g/mol. The van der Waals surface area contributed by atoms with Crippen molar-refractivity contribution >= 4 is 15.7 Å². The van der Waals surface area contributed by atoms with Crippen LogP contribution in [0.15, 0.2) is 24.5 Å². The van der Waals surface area contributed by atoms with Crippen molar-refractivity contribution in [2.75, 3.05) is 24.7 Å². The van der Waals surface area contributed by atoms with Gasteiger partial charge in [0.1, 0.15) is 0 Å². The summed E-state index contributed by atoms with van der Waals surface area (Å²) < 4.78 is 30.5. The van der Waals surface area contributed by atoms with Crippen molar-refractivity contribution in [1.82, 2.24) is 9.88 Å². The van der Waals surface area contributed by atoms with Crippen LogP contribution in [-0.4, -0.2) is 49.7 Å². The van der Waals surface area contributed by atoms with E-state index in [0.29, 0.717) is 26.1 Å². The molecule has 1 amide bonds. The van der Waals surface area contributed by atoms with Crippen molar-refractivity contribution in [3.63, 3.8) is 0 Å². The highest BCUT2D eigenvalue weighted by molar-refractivity contribution is 7.91. The fourth-order valence-corrected chi connectivity index (χ4v) is 5.09. The number of nitrogens with zero attached hydrogens (tertiary/aromatic N) is 1. The maximum Gasteiger partial charge on any atom is 0.222 e. The zero-order chi connectivity index (χ0) is 15.6. The molecule has 0 saturated carbocycles. The standard InChI is InChI=1S/C15H22N2O4S/c18-14(16-13-3-10-22(19,20)12-13)11-15(4-8-21-9-5-15)17-6-1-2-7-17/h1-2,6-7,13H,3-5,8-12H2,(H,16,18)/t13-/m0/s1. The van der Waals surface area contributed by atoms with Gasteiger partial charge in [0.2, 0.25) is 5.91 Å². The van der Waals surface area contributed by atoms with Gasteiger partial charge in [0.25, 0.3) is 0 Å². The predicted octanol–water partition coefficient (Wildman–Crippen LogP) is 0.687. The first-order valence-corrected chi connectivity index (χ1v) is 9.52. The number of rotatable bonds is 4. The highest BCUT2D eigenvalue weighted by Crippen LogP contribution is 2.33. The molecule has 122 valence electrons. The second-order valence-electron chi connectivity index (χ2n) is 6.27. The number of hydrogen-bond acceptors (Lipinski definition) is 4. The van der Waals surface area contributed by atoms with Crippen molar-refractivity contribution in [1.29, 1.82) is 0 Å². The van der Waals surface area contributed by atoms with Gasteiger partial charge in [-0.25, -0.2) is 8.42 Å². The lowest BCUT2D eigenvalue weighted by Crippen LogP contribution is -2.45. The molecule has 7 heteroatoms. The Morgan fingerprint density at radius 3 is 2.55 bits per heavy atom. The zero-order valence-corrected chi connectivity index (χ0v) is 13.3. The van der Waals surface area contributed by atoms with E-state index in [1.807, 2.05) is 24.5 Å². The minimum atomic E-state index is -2.97. The van der Waals surface area contributed by atoms with E-state index in [4.69, 9.17) is 4.74 Å². The number of sulfone groups is 1.